The van der Waals surface area contributed by atoms with Crippen LogP contribution in [0.15, 0.2) is 83.2 Å². The minimum Gasteiger partial charge on any atom is -0.489 e. The summed E-state index contributed by atoms with van der Waals surface area (Å²) in [5.41, 5.74) is 3.09. The van der Waals surface area contributed by atoms with Gasteiger partial charge in [-0.3, -0.25) is 0 Å². The monoisotopic (exact) mass is 612 g/mol. The molecule has 212 valence electrons. The van der Waals surface area contributed by atoms with E-state index in [0.717, 1.165) is 11.1 Å². The third-order valence-electron chi connectivity index (χ3n) is 6.29. The van der Waals surface area contributed by atoms with Crippen molar-refractivity contribution >= 4 is 46.9 Å². The summed E-state index contributed by atoms with van der Waals surface area (Å²) < 4.78 is 27.5. The van der Waals surface area contributed by atoms with Crippen LogP contribution in [0.2, 0.25) is 10.0 Å². The third kappa shape index (κ3) is 6.69. The van der Waals surface area contributed by atoms with Crippen molar-refractivity contribution in [3.05, 3.63) is 111 Å². The predicted octanol–water partition coefficient (Wildman–Crippen LogP) is 7.84. The summed E-state index contributed by atoms with van der Waals surface area (Å²) in [6.07, 6.45) is -0.314. The molecule has 1 atom stereocenters. The highest BCUT2D eigenvalue weighted by atomic mass is 35.5. The second kappa shape index (κ2) is 12.5. The summed E-state index contributed by atoms with van der Waals surface area (Å²) >= 11 is 13.6. The lowest BCUT2D eigenvalue weighted by Gasteiger charge is -2.28. The Morgan fingerprint density at radius 3 is 2.66 bits per heavy atom. The Bertz CT molecular complexity index is 1630. The fourth-order valence-corrected chi connectivity index (χ4v) is 5.65. The number of aromatic nitrogens is 3. The van der Waals surface area contributed by atoms with Gasteiger partial charge in [0.2, 0.25) is 11.1 Å². The first-order chi connectivity index (χ1) is 19.7. The highest BCUT2D eigenvalue weighted by molar-refractivity contribution is 7.98. The Kier molecular flexibility index (Phi) is 8.87. The fraction of sp³-hybridized carbons (Fsp3) is 0.233. The maximum absolute atomic E-state index is 14.2. The number of thioether (sulfide) groups is 1. The summed E-state index contributed by atoms with van der Waals surface area (Å²) in [6, 6.07) is 18.6. The summed E-state index contributed by atoms with van der Waals surface area (Å²) in [7, 11) is 0. The molecule has 5 rings (SSSR count). The Hall–Kier alpha value is -3.53. The van der Waals surface area contributed by atoms with E-state index < -0.39 is 12.0 Å². The first-order valence-electron chi connectivity index (χ1n) is 12.9. The molecule has 0 saturated carbocycles. The number of nitrogens with zero attached hydrogens (tertiary/aromatic N) is 3. The topological polar surface area (TPSA) is 78.3 Å². The zero-order valence-electron chi connectivity index (χ0n) is 22.5. The van der Waals surface area contributed by atoms with Gasteiger partial charge in [0.05, 0.1) is 11.7 Å². The van der Waals surface area contributed by atoms with Gasteiger partial charge in [-0.2, -0.15) is 4.98 Å². The molecule has 11 heteroatoms. The summed E-state index contributed by atoms with van der Waals surface area (Å²) in [5.74, 6) is 0.649. The van der Waals surface area contributed by atoms with Crippen molar-refractivity contribution in [2.75, 3.05) is 5.32 Å². The van der Waals surface area contributed by atoms with E-state index in [2.05, 4.69) is 10.3 Å². The van der Waals surface area contributed by atoms with Gasteiger partial charge in [-0.15, -0.1) is 5.10 Å². The molecule has 0 bridgehead atoms. The van der Waals surface area contributed by atoms with Crippen molar-refractivity contribution in [3.8, 4) is 5.75 Å². The van der Waals surface area contributed by atoms with Gasteiger partial charge in [-0.05, 0) is 62.2 Å². The smallest absolute Gasteiger partial charge is 0.338 e. The highest BCUT2D eigenvalue weighted by Crippen LogP contribution is 2.38. The molecule has 3 aromatic carbocycles. The molecular formula is C30H27Cl2FN4O3S. The Labute approximate surface area is 251 Å². The number of halogens is 3. The van der Waals surface area contributed by atoms with E-state index in [1.807, 2.05) is 30.3 Å². The van der Waals surface area contributed by atoms with Gasteiger partial charge in [0.1, 0.15) is 24.2 Å². The second-order valence-corrected chi connectivity index (χ2v) is 11.4. The second-order valence-electron chi connectivity index (χ2n) is 9.66. The molecule has 0 spiro atoms. The van der Waals surface area contributed by atoms with Crippen LogP contribution < -0.4 is 10.1 Å². The number of hydrogen-bond acceptors (Lipinski definition) is 7. The lowest BCUT2D eigenvalue weighted by atomic mass is 9.95. The quantitative estimate of drug-likeness (QED) is 0.152. The summed E-state index contributed by atoms with van der Waals surface area (Å²) in [6.45, 7) is 5.63. The van der Waals surface area contributed by atoms with Crippen LogP contribution >= 0.6 is 35.0 Å². The van der Waals surface area contributed by atoms with E-state index in [0.29, 0.717) is 49.5 Å². The number of benzene rings is 3. The number of allylic oxidation sites excluding steroid dienone is 1. The molecule has 0 aliphatic carbocycles. The molecule has 2 heterocycles. The molecule has 0 amide bonds. The number of anilines is 1. The van der Waals surface area contributed by atoms with Gasteiger partial charge in [0.15, 0.2) is 0 Å². The van der Waals surface area contributed by atoms with Crippen molar-refractivity contribution in [2.24, 2.45) is 0 Å². The average Bonchev–Trinajstić information content (AvgIpc) is 3.33. The molecule has 1 unspecified atom stereocenters. The molecule has 1 N–H and O–H groups in total. The van der Waals surface area contributed by atoms with Crippen molar-refractivity contribution in [2.45, 2.75) is 50.4 Å². The number of carbonyl (C=O) groups excluding carboxylic acids is 1. The number of carbonyl (C=O) groups is 1. The zero-order valence-corrected chi connectivity index (χ0v) is 24.9. The summed E-state index contributed by atoms with van der Waals surface area (Å²) in [5, 5.41) is 9.40. The Balaban J connectivity index is 1.47. The molecule has 4 aromatic rings. The molecule has 1 aliphatic heterocycles. The van der Waals surface area contributed by atoms with Crippen LogP contribution in [-0.2, 0) is 21.9 Å². The lowest BCUT2D eigenvalue weighted by molar-refractivity contribution is -0.143. The molecule has 1 aromatic heterocycles. The number of nitrogens with one attached hydrogen (secondary N) is 1. The molecule has 0 saturated heterocycles. The molecule has 0 radical (unpaired) electrons. The molecule has 0 fully saturated rings. The van der Waals surface area contributed by atoms with Crippen LogP contribution in [0, 0.1) is 5.82 Å². The van der Waals surface area contributed by atoms with E-state index in [1.165, 1.54) is 17.8 Å². The van der Waals surface area contributed by atoms with Crippen LogP contribution in [-0.4, -0.2) is 26.8 Å². The molecule has 41 heavy (non-hydrogen) atoms. The number of rotatable bonds is 9. The Morgan fingerprint density at radius 2 is 1.90 bits per heavy atom. The molecule has 7 nitrogen and oxygen atoms in total. The lowest BCUT2D eigenvalue weighted by Crippen LogP contribution is -2.30. The number of esters is 1. The average molecular weight is 614 g/mol. The maximum atomic E-state index is 14.2. The Morgan fingerprint density at radius 1 is 1.10 bits per heavy atom. The van der Waals surface area contributed by atoms with E-state index in [-0.39, 0.29) is 18.5 Å². The van der Waals surface area contributed by atoms with Crippen molar-refractivity contribution in [1.82, 2.24) is 14.8 Å². The van der Waals surface area contributed by atoms with Crippen molar-refractivity contribution in [1.29, 1.82) is 0 Å². The normalized spacial score (nSPS) is 14.6. The number of ether oxygens (including phenoxy) is 2. The van der Waals surface area contributed by atoms with Crippen LogP contribution in [0.3, 0.4) is 0 Å². The van der Waals surface area contributed by atoms with Gasteiger partial charge in [0.25, 0.3) is 0 Å². The number of hydrogen-bond donors (Lipinski definition) is 1. The van der Waals surface area contributed by atoms with E-state index in [1.54, 1.807) is 55.8 Å². The first-order valence-corrected chi connectivity index (χ1v) is 14.6. The van der Waals surface area contributed by atoms with Crippen LogP contribution in [0.1, 0.15) is 43.5 Å². The minimum atomic E-state index is -0.643. The van der Waals surface area contributed by atoms with E-state index in [9.17, 15) is 9.18 Å². The zero-order chi connectivity index (χ0) is 29.1. The van der Waals surface area contributed by atoms with Gasteiger partial charge in [0, 0.05) is 27.1 Å². The number of fused-ring (bicyclic) bond motifs is 1. The molecular weight excluding hydrogens is 586 g/mol. The highest BCUT2D eigenvalue weighted by Gasteiger charge is 2.36. The van der Waals surface area contributed by atoms with Gasteiger partial charge < -0.3 is 14.8 Å². The van der Waals surface area contributed by atoms with Gasteiger partial charge >= 0.3 is 5.97 Å². The largest absolute Gasteiger partial charge is 0.489 e. The minimum absolute atomic E-state index is 0.230. The van der Waals surface area contributed by atoms with Gasteiger partial charge in [-0.1, -0.05) is 71.4 Å². The maximum Gasteiger partial charge on any atom is 0.338 e. The van der Waals surface area contributed by atoms with Crippen molar-refractivity contribution < 1.29 is 18.7 Å². The molecule has 1 aliphatic rings. The van der Waals surface area contributed by atoms with E-state index in [4.69, 9.17) is 37.8 Å². The van der Waals surface area contributed by atoms with Crippen molar-refractivity contribution in [3.63, 3.8) is 0 Å². The fourth-order valence-electron chi connectivity index (χ4n) is 4.37. The first kappa shape index (κ1) is 29.0. The standard InChI is InChI=1S/C30H27Cl2FN4O3S/c1-17(2)40-28(38)26-18(3)34-29-35-30(41-16-21-7-4-5-10-25(21)33)36-37(29)27(26)19-8-6-9-23(13-19)39-15-20-11-12-22(31)14-24(20)32/h4-14,17,27H,15-16H2,1-3H3,(H,34,35,36). The van der Waals surface area contributed by atoms with Crippen LogP contribution in [0.5, 0.6) is 5.75 Å². The predicted molar refractivity (Wildman–Crippen MR) is 159 cm³/mol. The SMILES string of the molecule is CC1=C(C(=O)OC(C)C)C(c2cccc(OCc3ccc(Cl)cc3Cl)c2)n2nc(SCc3ccccc3F)nc2N1. The van der Waals surface area contributed by atoms with Crippen LogP contribution in [0.25, 0.3) is 0 Å². The third-order valence-corrected chi connectivity index (χ3v) is 7.77. The van der Waals surface area contributed by atoms with E-state index >= 15 is 0 Å². The van der Waals surface area contributed by atoms with Crippen LogP contribution in [0.4, 0.5) is 10.3 Å². The summed E-state index contributed by atoms with van der Waals surface area (Å²) in [4.78, 5) is 18.0. The van der Waals surface area contributed by atoms with Gasteiger partial charge in [-0.25, -0.2) is 13.9 Å².